The number of amides is 1. The van der Waals surface area contributed by atoms with Crippen LogP contribution in [0.1, 0.15) is 49.7 Å². The summed E-state index contributed by atoms with van der Waals surface area (Å²) in [7, 11) is -3.23. The maximum atomic E-state index is 13.1. The Hall–Kier alpha value is -1.36. The van der Waals surface area contributed by atoms with Crippen molar-refractivity contribution in [2.24, 2.45) is 17.8 Å². The Morgan fingerprint density at radius 1 is 1.00 bits per heavy atom. The number of rotatable bonds is 2. The lowest BCUT2D eigenvalue weighted by atomic mass is 9.54. The van der Waals surface area contributed by atoms with Crippen LogP contribution in [0.3, 0.4) is 0 Å². The standard InChI is InChI=1S/C19H26N3O3P/c23-18(25-19-8-13-5-14(9-19)7-15(6-13)10-19)22-26(24)20-11-16-3-1-2-4-17(16)12-21-26/h1-4,13-15H,5-12H2,(H3,20,21,22,23,24). The van der Waals surface area contributed by atoms with Crippen molar-refractivity contribution in [1.82, 2.24) is 15.3 Å². The normalized spacial score (nSPS) is 36.8. The van der Waals surface area contributed by atoms with E-state index in [4.69, 9.17) is 4.74 Å². The first kappa shape index (κ1) is 16.8. The molecule has 0 aromatic heterocycles. The highest BCUT2D eigenvalue weighted by Crippen LogP contribution is 2.57. The molecule has 0 atom stereocenters. The Morgan fingerprint density at radius 2 is 1.50 bits per heavy atom. The molecule has 0 saturated heterocycles. The Kier molecular flexibility index (Phi) is 3.93. The van der Waals surface area contributed by atoms with Crippen molar-refractivity contribution in [3.05, 3.63) is 35.4 Å². The lowest BCUT2D eigenvalue weighted by Crippen LogP contribution is -2.53. The minimum absolute atomic E-state index is 0.327. The number of carbonyl (C=O) groups is 1. The highest BCUT2D eigenvalue weighted by molar-refractivity contribution is 7.58. The molecule has 1 aromatic carbocycles. The van der Waals surface area contributed by atoms with Gasteiger partial charge in [0.1, 0.15) is 5.60 Å². The molecular weight excluding hydrogens is 349 g/mol. The smallest absolute Gasteiger partial charge is 0.415 e. The van der Waals surface area contributed by atoms with Crippen molar-refractivity contribution in [1.29, 1.82) is 0 Å². The van der Waals surface area contributed by atoms with E-state index in [0.29, 0.717) is 30.8 Å². The van der Waals surface area contributed by atoms with Gasteiger partial charge in [-0.3, -0.25) is 4.57 Å². The Labute approximate surface area is 154 Å². The van der Waals surface area contributed by atoms with Crippen LogP contribution in [0.2, 0.25) is 0 Å². The molecule has 4 aliphatic carbocycles. The molecule has 4 fully saturated rings. The molecule has 1 amide bonds. The third kappa shape index (κ3) is 3.08. The lowest BCUT2D eigenvalue weighted by molar-refractivity contribution is -0.126. The topological polar surface area (TPSA) is 79.5 Å². The van der Waals surface area contributed by atoms with Crippen molar-refractivity contribution in [2.75, 3.05) is 0 Å². The molecule has 6 rings (SSSR count). The molecule has 6 nitrogen and oxygen atoms in total. The van der Waals surface area contributed by atoms with Gasteiger partial charge in [-0.1, -0.05) is 24.3 Å². The number of hydrogen-bond acceptors (Lipinski definition) is 3. The fourth-order valence-electron chi connectivity index (χ4n) is 5.93. The molecule has 140 valence electrons. The molecule has 0 unspecified atom stereocenters. The summed E-state index contributed by atoms with van der Waals surface area (Å²) in [5, 5.41) is 8.59. The van der Waals surface area contributed by atoms with Crippen LogP contribution in [0.4, 0.5) is 4.79 Å². The largest absolute Gasteiger partial charge is 0.443 e. The third-order valence-corrected chi connectivity index (χ3v) is 8.35. The monoisotopic (exact) mass is 375 g/mol. The van der Waals surface area contributed by atoms with Gasteiger partial charge in [0.25, 0.3) is 0 Å². The van der Waals surface area contributed by atoms with E-state index >= 15 is 0 Å². The second-order valence-electron chi connectivity index (χ2n) is 8.65. The molecule has 1 aromatic rings. The SMILES string of the molecule is O=C(NP1(=O)NCc2ccccc2CN1)OC12CC3CC(CC(C3)C1)C2. The van der Waals surface area contributed by atoms with E-state index in [2.05, 4.69) is 15.3 Å². The first-order valence-electron chi connectivity index (χ1n) is 9.69. The van der Waals surface area contributed by atoms with Gasteiger partial charge < -0.3 is 4.74 Å². The number of carbonyl (C=O) groups excluding carboxylic acids is 1. The van der Waals surface area contributed by atoms with E-state index in [1.807, 2.05) is 24.3 Å². The maximum Gasteiger partial charge on any atom is 0.415 e. The molecule has 1 heterocycles. The van der Waals surface area contributed by atoms with Crippen LogP contribution in [-0.4, -0.2) is 11.7 Å². The van der Waals surface area contributed by atoms with Crippen LogP contribution in [0.5, 0.6) is 0 Å². The zero-order chi connectivity index (χ0) is 17.8. The summed E-state index contributed by atoms with van der Waals surface area (Å²) in [5.74, 6) is 2.11. The minimum Gasteiger partial charge on any atom is -0.443 e. The number of benzene rings is 1. The van der Waals surface area contributed by atoms with Gasteiger partial charge in [-0.05, 0) is 67.4 Å². The molecule has 3 N–H and O–H groups in total. The minimum atomic E-state index is -3.23. The predicted molar refractivity (Wildman–Crippen MR) is 98.2 cm³/mol. The van der Waals surface area contributed by atoms with Gasteiger partial charge in [-0.15, -0.1) is 0 Å². The molecule has 26 heavy (non-hydrogen) atoms. The first-order chi connectivity index (χ1) is 12.5. The molecule has 0 radical (unpaired) electrons. The molecule has 5 aliphatic rings. The summed E-state index contributed by atoms with van der Waals surface area (Å²) < 4.78 is 19.0. The third-order valence-electron chi connectivity index (χ3n) is 6.64. The van der Waals surface area contributed by atoms with Crippen molar-refractivity contribution < 1.29 is 14.1 Å². The van der Waals surface area contributed by atoms with Gasteiger partial charge in [0.05, 0.1) is 0 Å². The molecule has 0 spiro atoms. The highest BCUT2D eigenvalue weighted by atomic mass is 31.2. The van der Waals surface area contributed by atoms with Crippen LogP contribution in [0.15, 0.2) is 24.3 Å². The Bertz CT molecular complexity index is 715. The quantitative estimate of drug-likeness (QED) is 0.687. The van der Waals surface area contributed by atoms with Crippen molar-refractivity contribution in [3.63, 3.8) is 0 Å². The van der Waals surface area contributed by atoms with Crippen LogP contribution in [-0.2, 0) is 22.4 Å². The summed E-state index contributed by atoms with van der Waals surface area (Å²) in [6.07, 6.45) is 6.26. The highest BCUT2D eigenvalue weighted by Gasteiger charge is 2.53. The van der Waals surface area contributed by atoms with Gasteiger partial charge in [0.15, 0.2) is 0 Å². The fourth-order valence-corrected chi connectivity index (χ4v) is 7.29. The van der Waals surface area contributed by atoms with Crippen LogP contribution < -0.4 is 15.3 Å². The second kappa shape index (κ2) is 6.08. The first-order valence-corrected chi connectivity index (χ1v) is 11.4. The Morgan fingerprint density at radius 3 is 2.00 bits per heavy atom. The summed E-state index contributed by atoms with van der Waals surface area (Å²) in [6, 6.07) is 7.94. The molecular formula is C19H26N3O3P. The van der Waals surface area contributed by atoms with Gasteiger partial charge in [-0.2, -0.15) is 0 Å². The van der Waals surface area contributed by atoms with E-state index in [9.17, 15) is 9.36 Å². The molecule has 1 aliphatic heterocycles. The van der Waals surface area contributed by atoms with Gasteiger partial charge in [0.2, 0.25) is 0 Å². The summed E-state index contributed by atoms with van der Waals surface area (Å²) in [6.45, 7) is 0.913. The van der Waals surface area contributed by atoms with Crippen LogP contribution in [0.25, 0.3) is 0 Å². The maximum absolute atomic E-state index is 13.1. The average molecular weight is 375 g/mol. The lowest BCUT2D eigenvalue weighted by Gasteiger charge is -2.55. The number of fused-ring (bicyclic) bond motifs is 1. The summed E-state index contributed by atoms with van der Waals surface area (Å²) in [4.78, 5) is 12.6. The van der Waals surface area contributed by atoms with Crippen molar-refractivity contribution in [3.8, 4) is 0 Å². The second-order valence-corrected chi connectivity index (χ2v) is 10.7. The summed E-state index contributed by atoms with van der Waals surface area (Å²) >= 11 is 0. The fraction of sp³-hybridized carbons (Fsp3) is 0.632. The van der Waals surface area contributed by atoms with E-state index in [-0.39, 0.29) is 5.60 Å². The number of hydrogen-bond donors (Lipinski definition) is 3. The van der Waals surface area contributed by atoms with E-state index in [0.717, 1.165) is 30.4 Å². The average Bonchev–Trinajstić information content (AvgIpc) is 2.73. The van der Waals surface area contributed by atoms with E-state index < -0.39 is 13.7 Å². The zero-order valence-corrected chi connectivity index (χ0v) is 15.8. The molecule has 7 heteroatoms. The van der Waals surface area contributed by atoms with E-state index in [1.54, 1.807) is 0 Å². The number of ether oxygens (including phenoxy) is 1. The van der Waals surface area contributed by atoms with Crippen LogP contribution >= 0.6 is 7.59 Å². The van der Waals surface area contributed by atoms with Gasteiger partial charge >= 0.3 is 13.7 Å². The van der Waals surface area contributed by atoms with E-state index in [1.165, 1.54) is 19.3 Å². The molecule has 4 bridgehead atoms. The van der Waals surface area contributed by atoms with Crippen LogP contribution in [0, 0.1) is 17.8 Å². The van der Waals surface area contributed by atoms with Crippen molar-refractivity contribution in [2.45, 2.75) is 57.2 Å². The number of nitrogens with one attached hydrogen (secondary N) is 3. The zero-order valence-electron chi connectivity index (χ0n) is 14.9. The van der Waals surface area contributed by atoms with Crippen molar-refractivity contribution >= 4 is 13.7 Å². The van der Waals surface area contributed by atoms with Gasteiger partial charge in [0, 0.05) is 13.1 Å². The van der Waals surface area contributed by atoms with Gasteiger partial charge in [-0.25, -0.2) is 20.1 Å². The molecule has 4 saturated carbocycles. The predicted octanol–water partition coefficient (Wildman–Crippen LogP) is 3.68. The Balaban J connectivity index is 1.25. The summed E-state index contributed by atoms with van der Waals surface area (Å²) in [5.41, 5.74) is 1.86.